The Morgan fingerprint density at radius 2 is 2.10 bits per heavy atom. The predicted octanol–water partition coefficient (Wildman–Crippen LogP) is 4.29. The second kappa shape index (κ2) is 8.13. The lowest BCUT2D eigenvalue weighted by Gasteiger charge is -2.14. The number of nitrogens with zero attached hydrogens (tertiary/aromatic N) is 3. The van der Waals surface area contributed by atoms with E-state index in [1.165, 1.54) is 34.1 Å². The number of nitro groups is 1. The van der Waals surface area contributed by atoms with Crippen molar-refractivity contribution < 1.29 is 9.72 Å². The lowest BCUT2D eigenvalue weighted by atomic mass is 10.2. The summed E-state index contributed by atoms with van der Waals surface area (Å²) in [6.45, 7) is 5.49. The Bertz CT molecular complexity index is 1200. The Labute approximate surface area is 179 Å². The van der Waals surface area contributed by atoms with Crippen LogP contribution in [0.5, 0.6) is 0 Å². The standard InChI is InChI=1S/C18H17ClN4O4S2/c1-8-9(2)28-16-14(8)17(25)22(4)18(21-16)29-10(3)15(24)20-13-7-11(23(26)27)5-6-12(13)19/h5-7,10H,1-4H3,(H,20,24). The number of carbonyl (C=O) groups is 1. The number of nitrogens with one attached hydrogen (secondary N) is 1. The first-order valence-corrected chi connectivity index (χ1v) is 10.6. The number of aryl methyl sites for hydroxylation is 2. The van der Waals surface area contributed by atoms with Gasteiger partial charge in [0.2, 0.25) is 5.91 Å². The summed E-state index contributed by atoms with van der Waals surface area (Å²) in [7, 11) is 1.62. The van der Waals surface area contributed by atoms with E-state index in [4.69, 9.17) is 11.6 Å². The van der Waals surface area contributed by atoms with Crippen molar-refractivity contribution in [2.24, 2.45) is 7.05 Å². The number of amides is 1. The number of non-ortho nitro benzene ring substituents is 1. The maximum atomic E-state index is 12.7. The van der Waals surface area contributed by atoms with Gasteiger partial charge in [-0.05, 0) is 32.4 Å². The highest BCUT2D eigenvalue weighted by Gasteiger charge is 2.21. The quantitative estimate of drug-likeness (QED) is 0.268. The van der Waals surface area contributed by atoms with E-state index in [1.807, 2.05) is 13.8 Å². The third-order valence-corrected chi connectivity index (χ3v) is 7.01. The number of thioether (sulfide) groups is 1. The lowest BCUT2D eigenvalue weighted by Crippen LogP contribution is -2.25. The van der Waals surface area contributed by atoms with E-state index in [1.54, 1.807) is 14.0 Å². The molecular weight excluding hydrogens is 436 g/mol. The Balaban J connectivity index is 1.85. The van der Waals surface area contributed by atoms with Gasteiger partial charge >= 0.3 is 0 Å². The first-order valence-electron chi connectivity index (χ1n) is 8.48. The number of hydrogen-bond acceptors (Lipinski definition) is 7. The van der Waals surface area contributed by atoms with Crippen molar-refractivity contribution in [3.63, 3.8) is 0 Å². The molecule has 1 N–H and O–H groups in total. The first-order chi connectivity index (χ1) is 13.6. The zero-order valence-corrected chi connectivity index (χ0v) is 18.4. The van der Waals surface area contributed by atoms with Crippen LogP contribution in [0, 0.1) is 24.0 Å². The predicted molar refractivity (Wildman–Crippen MR) is 116 cm³/mol. The molecule has 11 heteroatoms. The van der Waals surface area contributed by atoms with Crippen LogP contribution in [0.3, 0.4) is 0 Å². The fourth-order valence-corrected chi connectivity index (χ4v) is 4.74. The number of rotatable bonds is 5. The number of fused-ring (bicyclic) bond motifs is 1. The van der Waals surface area contributed by atoms with Crippen LogP contribution in [-0.4, -0.2) is 25.6 Å². The van der Waals surface area contributed by atoms with E-state index < -0.39 is 16.1 Å². The molecule has 0 saturated heterocycles. The molecule has 1 amide bonds. The Morgan fingerprint density at radius 3 is 2.76 bits per heavy atom. The van der Waals surface area contributed by atoms with Crippen molar-refractivity contribution in [3.05, 3.63) is 54.1 Å². The van der Waals surface area contributed by atoms with Crippen molar-refractivity contribution in [1.29, 1.82) is 0 Å². The first kappa shape index (κ1) is 21.3. The zero-order chi connectivity index (χ0) is 21.5. The zero-order valence-electron chi connectivity index (χ0n) is 16.0. The van der Waals surface area contributed by atoms with Gasteiger partial charge in [0.15, 0.2) is 5.16 Å². The molecule has 0 fully saturated rings. The van der Waals surface area contributed by atoms with E-state index in [-0.39, 0.29) is 22.0 Å². The fourth-order valence-electron chi connectivity index (χ4n) is 2.63. The molecule has 1 aromatic carbocycles. The van der Waals surface area contributed by atoms with Crippen molar-refractivity contribution in [2.75, 3.05) is 5.32 Å². The van der Waals surface area contributed by atoms with Gasteiger partial charge < -0.3 is 5.32 Å². The third kappa shape index (κ3) is 4.14. The number of anilines is 1. The molecular formula is C18H17ClN4O4S2. The van der Waals surface area contributed by atoms with Gasteiger partial charge in [-0.1, -0.05) is 23.4 Å². The highest BCUT2D eigenvalue weighted by molar-refractivity contribution is 8.00. The second-order valence-electron chi connectivity index (χ2n) is 6.39. The molecule has 2 aromatic heterocycles. The van der Waals surface area contributed by atoms with Gasteiger partial charge in [-0.25, -0.2) is 4.98 Å². The summed E-state index contributed by atoms with van der Waals surface area (Å²) in [6, 6.07) is 3.82. The highest BCUT2D eigenvalue weighted by atomic mass is 35.5. The molecule has 0 bridgehead atoms. The number of benzene rings is 1. The van der Waals surface area contributed by atoms with E-state index in [0.29, 0.717) is 15.4 Å². The molecule has 0 aliphatic carbocycles. The summed E-state index contributed by atoms with van der Waals surface area (Å²) >= 11 is 8.61. The van der Waals surface area contributed by atoms with Crippen LogP contribution < -0.4 is 10.9 Å². The molecule has 1 unspecified atom stereocenters. The van der Waals surface area contributed by atoms with Crippen molar-refractivity contribution in [3.8, 4) is 0 Å². The van der Waals surface area contributed by atoms with E-state index in [2.05, 4.69) is 10.3 Å². The topological polar surface area (TPSA) is 107 Å². The number of thiophene rings is 1. The molecule has 0 aliphatic rings. The van der Waals surface area contributed by atoms with E-state index in [0.717, 1.165) is 22.2 Å². The molecule has 1 atom stereocenters. The van der Waals surface area contributed by atoms with Crippen LogP contribution in [0.25, 0.3) is 10.2 Å². The van der Waals surface area contributed by atoms with Crippen LogP contribution in [0.2, 0.25) is 5.02 Å². The van der Waals surface area contributed by atoms with Crippen LogP contribution in [-0.2, 0) is 11.8 Å². The summed E-state index contributed by atoms with van der Waals surface area (Å²) in [4.78, 5) is 41.9. The average Bonchev–Trinajstić information content (AvgIpc) is 2.94. The number of nitro benzene ring substituents is 1. The van der Waals surface area contributed by atoms with Gasteiger partial charge in [0.05, 0.1) is 26.3 Å². The molecule has 0 saturated carbocycles. The SMILES string of the molecule is Cc1sc2nc(SC(C)C(=O)Nc3cc([N+](=O)[O-])ccc3Cl)n(C)c(=O)c2c1C. The van der Waals surface area contributed by atoms with Gasteiger partial charge in [-0.2, -0.15) is 0 Å². The largest absolute Gasteiger partial charge is 0.324 e. The minimum atomic E-state index is -0.622. The van der Waals surface area contributed by atoms with E-state index >= 15 is 0 Å². The van der Waals surface area contributed by atoms with Gasteiger partial charge in [0, 0.05) is 24.1 Å². The van der Waals surface area contributed by atoms with Crippen LogP contribution >= 0.6 is 34.7 Å². The van der Waals surface area contributed by atoms with Crippen molar-refractivity contribution in [1.82, 2.24) is 9.55 Å². The summed E-state index contributed by atoms with van der Waals surface area (Å²) in [6.07, 6.45) is 0. The Hall–Kier alpha value is -2.43. The fraction of sp³-hybridized carbons (Fsp3) is 0.278. The van der Waals surface area contributed by atoms with Crippen molar-refractivity contribution >= 4 is 62.2 Å². The van der Waals surface area contributed by atoms with Crippen LogP contribution in [0.4, 0.5) is 11.4 Å². The van der Waals surface area contributed by atoms with Gasteiger partial charge in [-0.15, -0.1) is 11.3 Å². The monoisotopic (exact) mass is 452 g/mol. The molecule has 8 nitrogen and oxygen atoms in total. The number of hydrogen-bond donors (Lipinski definition) is 1. The molecule has 3 aromatic rings. The van der Waals surface area contributed by atoms with Gasteiger partial charge in [0.1, 0.15) is 4.83 Å². The summed E-state index contributed by atoms with van der Waals surface area (Å²) in [5, 5.41) is 14.1. The average molecular weight is 453 g/mol. The summed E-state index contributed by atoms with van der Waals surface area (Å²) in [5.74, 6) is -0.412. The van der Waals surface area contributed by atoms with Crippen LogP contribution in [0.15, 0.2) is 28.2 Å². The minimum Gasteiger partial charge on any atom is -0.324 e. The van der Waals surface area contributed by atoms with Gasteiger partial charge in [0.25, 0.3) is 11.2 Å². The third-order valence-electron chi connectivity index (χ3n) is 4.44. The molecule has 152 valence electrons. The minimum absolute atomic E-state index is 0.153. The Kier molecular flexibility index (Phi) is 5.97. The number of halogens is 1. The molecule has 2 heterocycles. The maximum absolute atomic E-state index is 12.7. The van der Waals surface area contributed by atoms with Crippen molar-refractivity contribution in [2.45, 2.75) is 31.2 Å². The smallest absolute Gasteiger partial charge is 0.271 e. The molecule has 0 spiro atoms. The van der Waals surface area contributed by atoms with E-state index in [9.17, 15) is 19.7 Å². The lowest BCUT2D eigenvalue weighted by molar-refractivity contribution is -0.384. The number of aromatic nitrogens is 2. The summed E-state index contributed by atoms with van der Waals surface area (Å²) < 4.78 is 1.43. The molecule has 29 heavy (non-hydrogen) atoms. The Morgan fingerprint density at radius 1 is 1.41 bits per heavy atom. The van der Waals surface area contributed by atoms with Gasteiger partial charge in [-0.3, -0.25) is 24.3 Å². The second-order valence-corrected chi connectivity index (χ2v) is 9.31. The highest BCUT2D eigenvalue weighted by Crippen LogP contribution is 2.31. The maximum Gasteiger partial charge on any atom is 0.271 e. The molecule has 0 radical (unpaired) electrons. The molecule has 0 aliphatic heterocycles. The van der Waals surface area contributed by atoms with Crippen LogP contribution in [0.1, 0.15) is 17.4 Å². The normalized spacial score (nSPS) is 12.2. The summed E-state index contributed by atoms with van der Waals surface area (Å²) in [5.41, 5.74) is 0.734. The molecule has 3 rings (SSSR count). The number of carbonyl (C=O) groups excluding carboxylic acids is 1.